The van der Waals surface area contributed by atoms with Crippen molar-refractivity contribution in [1.29, 1.82) is 0 Å². The van der Waals surface area contributed by atoms with Crippen molar-refractivity contribution in [3.05, 3.63) is 53.1 Å². The van der Waals surface area contributed by atoms with Gasteiger partial charge in [-0.05, 0) is 54.7 Å². The standard InChI is InChI=1S/C20H25N2/c1-13(2)16-11-15(4)17(12-14(16)3)20-21(5)18-9-7-8-10-19(18)22(20)6/h7-13H,1-6H3/q+1. The van der Waals surface area contributed by atoms with Crippen LogP contribution in [0.1, 0.15) is 36.5 Å². The topological polar surface area (TPSA) is 8.81 Å². The molecular weight excluding hydrogens is 268 g/mol. The van der Waals surface area contributed by atoms with Gasteiger partial charge in [0.15, 0.2) is 11.0 Å². The molecule has 0 aliphatic heterocycles. The fourth-order valence-corrected chi connectivity index (χ4v) is 3.55. The molecule has 114 valence electrons. The second kappa shape index (κ2) is 5.28. The molecule has 1 aromatic heterocycles. The largest absolute Gasteiger partial charge is 0.289 e. The van der Waals surface area contributed by atoms with Gasteiger partial charge in [0.05, 0.1) is 19.7 Å². The lowest BCUT2D eigenvalue weighted by atomic mass is 9.93. The van der Waals surface area contributed by atoms with E-state index in [1.54, 1.807) is 0 Å². The van der Waals surface area contributed by atoms with E-state index in [0.717, 1.165) is 0 Å². The zero-order chi connectivity index (χ0) is 16.0. The summed E-state index contributed by atoms with van der Waals surface area (Å²) in [6, 6.07) is 13.3. The zero-order valence-electron chi connectivity index (χ0n) is 14.4. The Kier molecular flexibility index (Phi) is 3.56. The SMILES string of the molecule is Cc1cc(C(C)C)c(C)cc1-c1n(C)c2ccccc2[n+]1C. The smallest absolute Gasteiger partial charge is 0.226 e. The van der Waals surface area contributed by atoms with Crippen LogP contribution in [0.2, 0.25) is 0 Å². The fourth-order valence-electron chi connectivity index (χ4n) is 3.55. The number of aryl methyl sites for hydroxylation is 4. The van der Waals surface area contributed by atoms with Crippen molar-refractivity contribution in [1.82, 2.24) is 4.57 Å². The molecule has 2 heteroatoms. The summed E-state index contributed by atoms with van der Waals surface area (Å²) in [4.78, 5) is 0. The highest BCUT2D eigenvalue weighted by Crippen LogP contribution is 2.29. The number of nitrogens with zero attached hydrogens (tertiary/aromatic N) is 2. The Bertz CT molecular complexity index is 815. The molecule has 0 spiro atoms. The Morgan fingerprint density at radius 3 is 2.32 bits per heavy atom. The number of fused-ring (bicyclic) bond motifs is 1. The number of rotatable bonds is 2. The van der Waals surface area contributed by atoms with Crippen molar-refractivity contribution in [2.24, 2.45) is 14.1 Å². The molecule has 0 radical (unpaired) electrons. The van der Waals surface area contributed by atoms with Crippen LogP contribution in [0.3, 0.4) is 0 Å². The van der Waals surface area contributed by atoms with E-state index in [-0.39, 0.29) is 0 Å². The van der Waals surface area contributed by atoms with Crippen molar-refractivity contribution < 1.29 is 4.57 Å². The lowest BCUT2D eigenvalue weighted by Gasteiger charge is -2.13. The third kappa shape index (κ3) is 2.14. The third-order valence-electron chi connectivity index (χ3n) is 4.72. The molecule has 0 saturated carbocycles. The van der Waals surface area contributed by atoms with E-state index in [1.165, 1.54) is 39.1 Å². The molecule has 22 heavy (non-hydrogen) atoms. The van der Waals surface area contributed by atoms with Gasteiger partial charge >= 0.3 is 0 Å². The van der Waals surface area contributed by atoms with Gasteiger partial charge in [-0.2, -0.15) is 0 Å². The average Bonchev–Trinajstić information content (AvgIpc) is 2.73. The van der Waals surface area contributed by atoms with Crippen LogP contribution in [0.4, 0.5) is 0 Å². The summed E-state index contributed by atoms with van der Waals surface area (Å²) in [6.45, 7) is 8.97. The van der Waals surface area contributed by atoms with Gasteiger partial charge in [0.2, 0.25) is 0 Å². The Hall–Kier alpha value is -2.09. The summed E-state index contributed by atoms with van der Waals surface area (Å²) in [6.07, 6.45) is 0. The van der Waals surface area contributed by atoms with Gasteiger partial charge in [0.1, 0.15) is 0 Å². The number of aromatic nitrogens is 2. The van der Waals surface area contributed by atoms with E-state index in [2.05, 4.69) is 87.3 Å². The van der Waals surface area contributed by atoms with Crippen LogP contribution in [-0.2, 0) is 14.1 Å². The highest BCUT2D eigenvalue weighted by Gasteiger charge is 2.23. The maximum absolute atomic E-state index is 2.35. The minimum atomic E-state index is 0.564. The molecule has 0 atom stereocenters. The van der Waals surface area contributed by atoms with Crippen LogP contribution in [0.15, 0.2) is 36.4 Å². The first-order valence-corrected chi connectivity index (χ1v) is 7.96. The van der Waals surface area contributed by atoms with Crippen molar-refractivity contribution >= 4 is 11.0 Å². The maximum Gasteiger partial charge on any atom is 0.289 e. The lowest BCUT2D eigenvalue weighted by Crippen LogP contribution is -2.30. The quantitative estimate of drug-likeness (QED) is 0.619. The Balaban J connectivity index is 2.31. The number of para-hydroxylation sites is 2. The van der Waals surface area contributed by atoms with Crippen LogP contribution in [0, 0.1) is 13.8 Å². The summed E-state index contributed by atoms with van der Waals surface area (Å²) in [5.41, 5.74) is 8.03. The first kappa shape index (κ1) is 14.8. The van der Waals surface area contributed by atoms with E-state index in [4.69, 9.17) is 0 Å². The molecule has 0 aliphatic rings. The van der Waals surface area contributed by atoms with Crippen molar-refractivity contribution in [2.45, 2.75) is 33.6 Å². The van der Waals surface area contributed by atoms with Gasteiger partial charge in [-0.3, -0.25) is 0 Å². The van der Waals surface area contributed by atoms with Gasteiger partial charge in [-0.15, -0.1) is 0 Å². The second-order valence-electron chi connectivity index (χ2n) is 6.61. The summed E-state index contributed by atoms with van der Waals surface area (Å²) < 4.78 is 4.60. The van der Waals surface area contributed by atoms with Gasteiger partial charge in [-0.1, -0.05) is 32.0 Å². The maximum atomic E-state index is 2.35. The van der Waals surface area contributed by atoms with Crippen molar-refractivity contribution in [3.8, 4) is 11.4 Å². The predicted octanol–water partition coefficient (Wildman–Crippen LogP) is 4.41. The predicted molar refractivity (Wildman–Crippen MR) is 93.1 cm³/mol. The Morgan fingerprint density at radius 2 is 1.68 bits per heavy atom. The van der Waals surface area contributed by atoms with Crippen LogP contribution in [0.25, 0.3) is 22.4 Å². The van der Waals surface area contributed by atoms with Crippen LogP contribution < -0.4 is 4.57 Å². The molecule has 0 unspecified atom stereocenters. The highest BCUT2D eigenvalue weighted by atomic mass is 15.1. The molecule has 3 aromatic rings. The molecule has 1 heterocycles. The summed E-state index contributed by atoms with van der Waals surface area (Å²) in [5.74, 6) is 1.83. The molecule has 2 nitrogen and oxygen atoms in total. The molecule has 0 fully saturated rings. The summed E-state index contributed by atoms with van der Waals surface area (Å²) in [7, 11) is 4.31. The van der Waals surface area contributed by atoms with Gasteiger partial charge in [-0.25, -0.2) is 9.13 Å². The highest BCUT2D eigenvalue weighted by molar-refractivity contribution is 5.76. The fraction of sp³-hybridized carbons (Fsp3) is 0.350. The van der Waals surface area contributed by atoms with Gasteiger partial charge < -0.3 is 0 Å². The summed E-state index contributed by atoms with van der Waals surface area (Å²) >= 11 is 0. The van der Waals surface area contributed by atoms with E-state index in [9.17, 15) is 0 Å². The molecule has 2 aromatic carbocycles. The lowest BCUT2D eigenvalue weighted by molar-refractivity contribution is -0.634. The first-order valence-electron chi connectivity index (χ1n) is 7.96. The number of hydrogen-bond donors (Lipinski definition) is 0. The minimum Gasteiger partial charge on any atom is -0.226 e. The average molecular weight is 293 g/mol. The van der Waals surface area contributed by atoms with E-state index in [0.29, 0.717) is 5.92 Å². The van der Waals surface area contributed by atoms with Crippen molar-refractivity contribution in [3.63, 3.8) is 0 Å². The summed E-state index contributed by atoms with van der Waals surface area (Å²) in [5, 5.41) is 0. The molecular formula is C20H25N2+. The Morgan fingerprint density at radius 1 is 1.00 bits per heavy atom. The molecule has 0 amide bonds. The van der Waals surface area contributed by atoms with Crippen molar-refractivity contribution in [2.75, 3.05) is 0 Å². The first-order chi connectivity index (χ1) is 10.4. The molecule has 0 N–H and O–H groups in total. The second-order valence-corrected chi connectivity index (χ2v) is 6.61. The number of benzene rings is 2. The van der Waals surface area contributed by atoms with Gasteiger partial charge in [0, 0.05) is 0 Å². The molecule has 3 rings (SSSR count). The van der Waals surface area contributed by atoms with Crippen LogP contribution in [-0.4, -0.2) is 4.57 Å². The van der Waals surface area contributed by atoms with Crippen LogP contribution in [0.5, 0.6) is 0 Å². The molecule has 0 saturated heterocycles. The minimum absolute atomic E-state index is 0.564. The third-order valence-corrected chi connectivity index (χ3v) is 4.72. The number of hydrogen-bond acceptors (Lipinski definition) is 0. The zero-order valence-corrected chi connectivity index (χ0v) is 14.4. The Labute approximate surface area is 133 Å². The number of imidazole rings is 1. The van der Waals surface area contributed by atoms with Crippen LogP contribution >= 0.6 is 0 Å². The van der Waals surface area contributed by atoms with E-state index < -0.39 is 0 Å². The van der Waals surface area contributed by atoms with E-state index >= 15 is 0 Å². The normalized spacial score (nSPS) is 11.6. The van der Waals surface area contributed by atoms with E-state index in [1.807, 2.05) is 0 Å². The monoisotopic (exact) mass is 293 g/mol. The molecule has 0 aliphatic carbocycles. The van der Waals surface area contributed by atoms with Gasteiger partial charge in [0.25, 0.3) is 5.82 Å². The molecule has 0 bridgehead atoms.